The number of ether oxygens (including phenoxy) is 1. The van der Waals surface area contributed by atoms with Crippen LogP contribution >= 0.6 is 23.2 Å². The average molecular weight is 737 g/mol. The zero-order valence-corrected chi connectivity index (χ0v) is 31.7. The van der Waals surface area contributed by atoms with Crippen LogP contribution in [0, 0.1) is 27.7 Å². The van der Waals surface area contributed by atoms with Gasteiger partial charge in [0.05, 0.1) is 28.5 Å². The van der Waals surface area contributed by atoms with Crippen molar-refractivity contribution in [3.63, 3.8) is 0 Å². The molecule has 11 nitrogen and oxygen atoms in total. The fraction of sp³-hybridized carbons (Fsp3) is 0.308. The van der Waals surface area contributed by atoms with E-state index in [1.807, 2.05) is 87.0 Å². The highest BCUT2D eigenvalue weighted by Crippen LogP contribution is 2.46. The molecule has 1 aliphatic heterocycles. The Labute approximate surface area is 311 Å². The number of tetrazole rings is 1. The van der Waals surface area contributed by atoms with E-state index in [0.29, 0.717) is 42.5 Å². The predicted molar refractivity (Wildman–Crippen MR) is 206 cm³/mol. The maximum atomic E-state index is 15.1. The molecule has 8 rings (SSSR count). The molecule has 3 aromatic carbocycles. The van der Waals surface area contributed by atoms with Crippen LogP contribution < -0.4 is 9.64 Å². The van der Waals surface area contributed by atoms with Crippen LogP contribution in [0.2, 0.25) is 10.0 Å². The minimum Gasteiger partial charge on any atom is -0.494 e. The lowest BCUT2D eigenvalue weighted by Gasteiger charge is -2.34. The highest BCUT2D eigenvalue weighted by Gasteiger charge is 2.37. The molecule has 7 aromatic rings. The Balaban J connectivity index is 1.26. The number of rotatable bonds is 8. The van der Waals surface area contributed by atoms with Crippen molar-refractivity contribution in [2.75, 3.05) is 18.1 Å². The van der Waals surface area contributed by atoms with Gasteiger partial charge in [-0.25, -0.2) is 5.10 Å². The van der Waals surface area contributed by atoms with Crippen LogP contribution in [0.25, 0.3) is 44.3 Å². The zero-order chi connectivity index (χ0) is 36.6. The van der Waals surface area contributed by atoms with Crippen molar-refractivity contribution in [1.82, 2.24) is 39.5 Å². The van der Waals surface area contributed by atoms with Gasteiger partial charge in [-0.1, -0.05) is 29.3 Å². The molecule has 4 aromatic heterocycles. The molecule has 5 heterocycles. The van der Waals surface area contributed by atoms with Crippen LogP contribution in [0.4, 0.5) is 5.69 Å². The lowest BCUT2D eigenvalue weighted by atomic mass is 9.98. The van der Waals surface area contributed by atoms with Gasteiger partial charge in [0, 0.05) is 76.6 Å². The predicted octanol–water partition coefficient (Wildman–Crippen LogP) is 8.49. The Kier molecular flexibility index (Phi) is 8.38. The number of hydrogen-bond donors (Lipinski definition) is 1. The van der Waals surface area contributed by atoms with E-state index in [1.54, 1.807) is 0 Å². The van der Waals surface area contributed by atoms with Crippen LogP contribution in [-0.4, -0.2) is 58.6 Å². The monoisotopic (exact) mass is 735 g/mol. The largest absolute Gasteiger partial charge is 0.494 e. The number of carbonyl (C=O) groups excluding carboxylic acids is 1. The first-order valence-electron chi connectivity index (χ1n) is 17.3. The SMILES string of the molecule is Cc1cc(OCCCc2c3n(c4c(-c5c(C)nn(C)c5C)c(Cl)ccc24)C(C)CN(c2cn(C)c4ccc(-c5nnn[nH]5)cc24)C3=O)cc(C)c1Cl. The number of fused-ring (bicyclic) bond motifs is 4. The van der Waals surface area contributed by atoms with E-state index in [2.05, 4.69) is 49.7 Å². The second-order valence-corrected chi connectivity index (χ2v) is 14.7. The number of hydrogen-bond acceptors (Lipinski definition) is 6. The second kappa shape index (κ2) is 12.8. The molecule has 0 saturated carbocycles. The van der Waals surface area contributed by atoms with Crippen LogP contribution in [-0.2, 0) is 20.5 Å². The highest BCUT2D eigenvalue weighted by atomic mass is 35.5. The summed E-state index contributed by atoms with van der Waals surface area (Å²) in [7, 11) is 3.94. The molecule has 1 N–H and O–H groups in total. The smallest absolute Gasteiger partial charge is 0.275 e. The zero-order valence-electron chi connectivity index (χ0n) is 30.2. The molecule has 0 fully saturated rings. The van der Waals surface area contributed by atoms with Crippen molar-refractivity contribution in [2.24, 2.45) is 14.1 Å². The molecular weight excluding hydrogens is 697 g/mol. The number of amides is 1. The van der Waals surface area contributed by atoms with E-state index >= 15 is 4.79 Å². The Bertz CT molecular complexity index is 2520. The molecule has 0 radical (unpaired) electrons. The van der Waals surface area contributed by atoms with Gasteiger partial charge in [-0.15, -0.1) is 5.10 Å². The van der Waals surface area contributed by atoms with Gasteiger partial charge in [0.1, 0.15) is 11.4 Å². The first-order chi connectivity index (χ1) is 24.9. The molecule has 52 heavy (non-hydrogen) atoms. The summed E-state index contributed by atoms with van der Waals surface area (Å²) in [6, 6.07) is 13.9. The number of aromatic amines is 1. The van der Waals surface area contributed by atoms with Crippen molar-refractivity contribution in [2.45, 2.75) is 53.5 Å². The summed E-state index contributed by atoms with van der Waals surface area (Å²) in [6.07, 6.45) is 3.35. The van der Waals surface area contributed by atoms with E-state index in [9.17, 15) is 0 Å². The fourth-order valence-corrected chi connectivity index (χ4v) is 8.31. The number of aromatic nitrogens is 8. The van der Waals surface area contributed by atoms with E-state index < -0.39 is 0 Å². The van der Waals surface area contributed by atoms with Crippen LogP contribution in [0.5, 0.6) is 5.75 Å². The standard InChI is InChI=1S/C39H39Cl2N9O2/c1-20-15-26(16-21(2)35(20)41)52-14-8-9-27-28-11-12-30(40)34(33-23(4)44-48(7)24(33)5)36(28)50-22(3)18-49(39(51)37(27)50)32-19-47(6)31-13-10-25(17-29(31)32)38-42-45-46-43-38/h10-13,15-17,19,22H,8-9,14,18H2,1-7H3,(H,42,43,45,46). The van der Waals surface area contributed by atoms with Gasteiger partial charge in [-0.3, -0.25) is 9.48 Å². The number of halogens is 2. The number of nitrogens with one attached hydrogen (secondary N) is 1. The molecular formula is C39H39Cl2N9O2. The summed E-state index contributed by atoms with van der Waals surface area (Å²) >= 11 is 13.5. The van der Waals surface area contributed by atoms with Gasteiger partial charge in [-0.2, -0.15) is 5.10 Å². The van der Waals surface area contributed by atoms with Crippen molar-refractivity contribution < 1.29 is 9.53 Å². The average Bonchev–Trinajstić information content (AvgIpc) is 3.89. The number of anilines is 1. The maximum absolute atomic E-state index is 15.1. The Morgan fingerprint density at radius 2 is 1.75 bits per heavy atom. The van der Waals surface area contributed by atoms with Gasteiger partial charge < -0.3 is 18.8 Å². The molecule has 0 saturated heterocycles. The van der Waals surface area contributed by atoms with Gasteiger partial charge in [-0.05, 0) is 111 Å². The van der Waals surface area contributed by atoms with Crippen molar-refractivity contribution in [1.29, 1.82) is 0 Å². The van der Waals surface area contributed by atoms with Gasteiger partial charge in [0.25, 0.3) is 5.91 Å². The van der Waals surface area contributed by atoms with Crippen LogP contribution in [0.1, 0.15) is 58.0 Å². The quantitative estimate of drug-likeness (QED) is 0.157. The third-order valence-corrected chi connectivity index (χ3v) is 11.4. The van der Waals surface area contributed by atoms with E-state index in [-0.39, 0.29) is 11.9 Å². The summed E-state index contributed by atoms with van der Waals surface area (Å²) in [6.45, 7) is 11.2. The Hall–Kier alpha value is -5.13. The maximum Gasteiger partial charge on any atom is 0.275 e. The normalized spacial score (nSPS) is 14.6. The van der Waals surface area contributed by atoms with Gasteiger partial charge in [0.2, 0.25) is 0 Å². The van der Waals surface area contributed by atoms with Gasteiger partial charge in [0.15, 0.2) is 5.82 Å². The first kappa shape index (κ1) is 34.0. The molecule has 13 heteroatoms. The van der Waals surface area contributed by atoms with Gasteiger partial charge >= 0.3 is 0 Å². The van der Waals surface area contributed by atoms with Crippen molar-refractivity contribution >= 4 is 56.6 Å². The molecule has 1 amide bonds. The number of nitrogens with zero attached hydrogens (tertiary/aromatic N) is 8. The Morgan fingerprint density at radius 1 is 0.981 bits per heavy atom. The molecule has 0 aliphatic carbocycles. The Morgan fingerprint density at radius 3 is 2.44 bits per heavy atom. The molecule has 1 aliphatic rings. The lowest BCUT2D eigenvalue weighted by Crippen LogP contribution is -2.42. The lowest BCUT2D eigenvalue weighted by molar-refractivity contribution is 0.0957. The third kappa shape index (κ3) is 5.37. The second-order valence-electron chi connectivity index (χ2n) is 13.9. The van der Waals surface area contributed by atoms with Crippen LogP contribution in [0.15, 0.2) is 48.7 Å². The summed E-state index contributed by atoms with van der Waals surface area (Å²) < 4.78 is 12.4. The van der Waals surface area contributed by atoms with Crippen molar-refractivity contribution in [3.05, 3.63) is 92.5 Å². The number of H-pyrrole nitrogens is 1. The molecule has 0 spiro atoms. The van der Waals surface area contributed by atoms with E-state index in [1.165, 1.54) is 0 Å². The minimum atomic E-state index is -0.0772. The summed E-state index contributed by atoms with van der Waals surface area (Å²) in [4.78, 5) is 17.0. The molecule has 1 atom stereocenters. The number of benzene rings is 3. The van der Waals surface area contributed by atoms with E-state index in [4.69, 9.17) is 33.0 Å². The fourth-order valence-electron chi connectivity index (χ4n) is 7.95. The summed E-state index contributed by atoms with van der Waals surface area (Å²) in [5, 5.41) is 22.5. The summed E-state index contributed by atoms with van der Waals surface area (Å²) in [5.74, 6) is 1.29. The van der Waals surface area contributed by atoms with Crippen LogP contribution in [0.3, 0.4) is 0 Å². The van der Waals surface area contributed by atoms with E-state index in [0.717, 1.165) is 83.0 Å². The van der Waals surface area contributed by atoms with Crippen molar-refractivity contribution in [3.8, 4) is 28.3 Å². The topological polar surface area (TPSA) is 112 Å². The number of aryl methyl sites for hydroxylation is 6. The molecule has 266 valence electrons. The minimum absolute atomic E-state index is 0.0601. The first-order valence-corrected chi connectivity index (χ1v) is 18.1. The summed E-state index contributed by atoms with van der Waals surface area (Å²) in [5.41, 5.74) is 11.0. The third-order valence-electron chi connectivity index (χ3n) is 10.4. The molecule has 1 unspecified atom stereocenters. The molecule has 0 bridgehead atoms. The highest BCUT2D eigenvalue weighted by molar-refractivity contribution is 6.35. The number of carbonyl (C=O) groups is 1.